The zero-order valence-electron chi connectivity index (χ0n) is 15.0. The van der Waals surface area contributed by atoms with Crippen LogP contribution in [0.25, 0.3) is 0 Å². The Hall–Kier alpha value is -1.85. The molecule has 0 radical (unpaired) electrons. The predicted molar refractivity (Wildman–Crippen MR) is 103 cm³/mol. The van der Waals surface area contributed by atoms with E-state index in [9.17, 15) is 4.79 Å². The Morgan fingerprint density at radius 3 is 2.36 bits per heavy atom. The highest BCUT2D eigenvalue weighted by molar-refractivity contribution is 9.10. The molecule has 0 spiro atoms. The summed E-state index contributed by atoms with van der Waals surface area (Å²) in [6.07, 6.45) is 0.970. The molecule has 134 valence electrons. The number of carbonyl (C=O) groups is 1. The van der Waals surface area contributed by atoms with E-state index in [1.165, 1.54) is 5.56 Å². The Kier molecular flexibility index (Phi) is 7.47. The summed E-state index contributed by atoms with van der Waals surface area (Å²) in [4.78, 5) is 12.4. The van der Waals surface area contributed by atoms with E-state index in [-0.39, 0.29) is 18.0 Å². The van der Waals surface area contributed by atoms with Gasteiger partial charge >= 0.3 is 0 Å². The molecule has 0 aliphatic carbocycles. The van der Waals surface area contributed by atoms with Crippen LogP contribution in [0.5, 0.6) is 5.75 Å². The normalized spacial score (nSPS) is 13.1. The second-order valence-corrected chi connectivity index (χ2v) is 7.03. The van der Waals surface area contributed by atoms with Crippen LogP contribution in [0.4, 0.5) is 0 Å². The number of halogens is 1. The number of ether oxygens (including phenoxy) is 1. The minimum Gasteiger partial charge on any atom is -0.497 e. The van der Waals surface area contributed by atoms with Gasteiger partial charge in [-0.05, 0) is 36.8 Å². The van der Waals surface area contributed by atoms with Crippen molar-refractivity contribution < 1.29 is 14.8 Å². The molecule has 5 heteroatoms. The Balaban J connectivity index is 1.88. The largest absolute Gasteiger partial charge is 0.497 e. The molecular weight excluding hydrogens is 380 g/mol. The number of amides is 1. The molecule has 0 fully saturated rings. The first-order valence-electron chi connectivity index (χ1n) is 8.54. The SMILES string of the molecule is CC[C@H]([NH2+][C@H](C)C(=O)NCc1ccc(OC)cc1)c1ccc(Br)cc1. The highest BCUT2D eigenvalue weighted by Crippen LogP contribution is 2.16. The van der Waals surface area contributed by atoms with Gasteiger partial charge in [0, 0.05) is 23.0 Å². The van der Waals surface area contributed by atoms with Crippen molar-refractivity contribution in [2.24, 2.45) is 0 Å². The smallest absolute Gasteiger partial charge is 0.278 e. The molecule has 0 aromatic heterocycles. The highest BCUT2D eigenvalue weighted by Gasteiger charge is 2.21. The van der Waals surface area contributed by atoms with Gasteiger partial charge in [-0.1, -0.05) is 47.1 Å². The summed E-state index contributed by atoms with van der Waals surface area (Å²) in [5.41, 5.74) is 2.29. The number of nitrogens with two attached hydrogens (primary N) is 1. The number of hydrogen-bond acceptors (Lipinski definition) is 2. The van der Waals surface area contributed by atoms with Gasteiger partial charge in [-0.25, -0.2) is 0 Å². The van der Waals surface area contributed by atoms with E-state index in [1.54, 1.807) is 7.11 Å². The highest BCUT2D eigenvalue weighted by atomic mass is 79.9. The van der Waals surface area contributed by atoms with Crippen molar-refractivity contribution in [3.8, 4) is 5.75 Å². The summed E-state index contributed by atoms with van der Waals surface area (Å²) in [6.45, 7) is 4.62. The van der Waals surface area contributed by atoms with Gasteiger partial charge in [0.2, 0.25) is 0 Å². The lowest BCUT2D eigenvalue weighted by atomic mass is 10.0. The Morgan fingerprint density at radius 2 is 1.80 bits per heavy atom. The molecule has 0 saturated heterocycles. The number of nitrogens with one attached hydrogen (secondary N) is 1. The van der Waals surface area contributed by atoms with E-state index in [0.29, 0.717) is 6.54 Å². The molecule has 0 aliphatic rings. The van der Waals surface area contributed by atoms with Crippen molar-refractivity contribution >= 4 is 21.8 Å². The molecule has 2 rings (SSSR count). The van der Waals surface area contributed by atoms with Crippen molar-refractivity contribution in [2.45, 2.75) is 38.9 Å². The van der Waals surface area contributed by atoms with Crippen LogP contribution in [0.1, 0.15) is 37.4 Å². The molecule has 0 heterocycles. The predicted octanol–water partition coefficient (Wildman–Crippen LogP) is 3.18. The quantitative estimate of drug-likeness (QED) is 0.708. The Labute approximate surface area is 158 Å². The van der Waals surface area contributed by atoms with Crippen LogP contribution in [0.15, 0.2) is 53.0 Å². The lowest BCUT2D eigenvalue weighted by molar-refractivity contribution is -0.713. The zero-order valence-corrected chi connectivity index (χ0v) is 16.5. The van der Waals surface area contributed by atoms with Crippen LogP contribution in [0.2, 0.25) is 0 Å². The van der Waals surface area contributed by atoms with Crippen LogP contribution in [0.3, 0.4) is 0 Å². The maximum atomic E-state index is 12.4. The number of hydrogen-bond donors (Lipinski definition) is 2. The molecule has 1 amide bonds. The summed E-state index contributed by atoms with van der Waals surface area (Å²) in [7, 11) is 1.64. The fourth-order valence-electron chi connectivity index (χ4n) is 2.72. The fraction of sp³-hybridized carbons (Fsp3) is 0.350. The molecule has 0 saturated carbocycles. The van der Waals surface area contributed by atoms with Crippen LogP contribution < -0.4 is 15.4 Å². The second-order valence-electron chi connectivity index (χ2n) is 6.11. The van der Waals surface area contributed by atoms with Crippen molar-refractivity contribution in [3.05, 3.63) is 64.1 Å². The first kappa shape index (κ1) is 19.5. The fourth-order valence-corrected chi connectivity index (χ4v) is 2.99. The first-order valence-corrected chi connectivity index (χ1v) is 9.34. The maximum Gasteiger partial charge on any atom is 0.278 e. The maximum absolute atomic E-state index is 12.4. The van der Waals surface area contributed by atoms with E-state index in [4.69, 9.17) is 4.74 Å². The van der Waals surface area contributed by atoms with Crippen LogP contribution in [0, 0.1) is 0 Å². The summed E-state index contributed by atoms with van der Waals surface area (Å²) >= 11 is 3.46. The third-order valence-electron chi connectivity index (χ3n) is 4.30. The number of methoxy groups -OCH3 is 1. The topological polar surface area (TPSA) is 54.9 Å². The van der Waals surface area contributed by atoms with Crippen LogP contribution in [-0.2, 0) is 11.3 Å². The monoisotopic (exact) mass is 405 g/mol. The van der Waals surface area contributed by atoms with Gasteiger partial charge in [-0.15, -0.1) is 0 Å². The number of benzene rings is 2. The molecule has 0 bridgehead atoms. The van der Waals surface area contributed by atoms with Crippen LogP contribution in [-0.4, -0.2) is 19.1 Å². The van der Waals surface area contributed by atoms with Gasteiger partial charge in [-0.2, -0.15) is 0 Å². The third-order valence-corrected chi connectivity index (χ3v) is 4.83. The lowest BCUT2D eigenvalue weighted by Gasteiger charge is -2.19. The van der Waals surface area contributed by atoms with E-state index < -0.39 is 0 Å². The standard InChI is InChI=1S/C20H25BrN2O2/c1-4-19(16-7-9-17(21)10-8-16)23-14(2)20(24)22-13-15-5-11-18(25-3)12-6-15/h5-12,14,19,23H,4,13H2,1-3H3,(H,22,24)/p+1/t14-,19+/m1/s1. The van der Waals surface area contributed by atoms with E-state index in [0.717, 1.165) is 22.2 Å². The average molecular weight is 406 g/mol. The van der Waals surface area contributed by atoms with Gasteiger partial charge < -0.3 is 15.4 Å². The van der Waals surface area contributed by atoms with E-state index in [2.05, 4.69) is 45.6 Å². The minimum absolute atomic E-state index is 0.0476. The molecule has 3 N–H and O–H groups in total. The van der Waals surface area contributed by atoms with Crippen LogP contribution >= 0.6 is 15.9 Å². The summed E-state index contributed by atoms with van der Waals surface area (Å²) < 4.78 is 6.21. The summed E-state index contributed by atoms with van der Waals surface area (Å²) in [5, 5.41) is 5.14. The van der Waals surface area contributed by atoms with E-state index in [1.807, 2.05) is 43.3 Å². The molecule has 2 aromatic rings. The van der Waals surface area contributed by atoms with Gasteiger partial charge in [0.1, 0.15) is 11.8 Å². The Morgan fingerprint density at radius 1 is 1.16 bits per heavy atom. The number of rotatable bonds is 8. The van der Waals surface area contributed by atoms with Crippen molar-refractivity contribution in [1.29, 1.82) is 0 Å². The van der Waals surface area contributed by atoms with Gasteiger partial charge in [-0.3, -0.25) is 4.79 Å². The van der Waals surface area contributed by atoms with Gasteiger partial charge in [0.15, 0.2) is 6.04 Å². The molecule has 25 heavy (non-hydrogen) atoms. The zero-order chi connectivity index (χ0) is 18.2. The molecular formula is C20H26BrN2O2+. The summed E-state index contributed by atoms with van der Waals surface area (Å²) in [5.74, 6) is 0.864. The van der Waals surface area contributed by atoms with E-state index >= 15 is 0 Å². The Bertz CT molecular complexity index is 671. The van der Waals surface area contributed by atoms with Crippen molar-refractivity contribution in [1.82, 2.24) is 5.32 Å². The third kappa shape index (κ3) is 5.87. The average Bonchev–Trinajstić information content (AvgIpc) is 2.65. The molecule has 2 aromatic carbocycles. The van der Waals surface area contributed by atoms with Gasteiger partial charge in [0.25, 0.3) is 5.91 Å². The van der Waals surface area contributed by atoms with Crippen molar-refractivity contribution in [2.75, 3.05) is 7.11 Å². The van der Waals surface area contributed by atoms with Crippen molar-refractivity contribution in [3.63, 3.8) is 0 Å². The molecule has 0 unspecified atom stereocenters. The molecule has 4 nitrogen and oxygen atoms in total. The summed E-state index contributed by atoms with van der Waals surface area (Å²) in [6, 6.07) is 16.2. The minimum atomic E-state index is -0.146. The molecule has 2 atom stereocenters. The number of carbonyl (C=O) groups excluding carboxylic acids is 1. The lowest BCUT2D eigenvalue weighted by Crippen LogP contribution is -2.92. The number of quaternary nitrogens is 1. The van der Waals surface area contributed by atoms with Gasteiger partial charge in [0.05, 0.1) is 7.11 Å². The first-order chi connectivity index (χ1) is 12.0. The molecule has 0 aliphatic heterocycles. The second kappa shape index (κ2) is 9.59.